The van der Waals surface area contributed by atoms with Crippen LogP contribution in [-0.4, -0.2) is 20.4 Å². The molecule has 0 spiro atoms. The maximum atomic E-state index is 12.7. The molecule has 1 amide bonds. The summed E-state index contributed by atoms with van der Waals surface area (Å²) in [6.45, 7) is 6.00. The summed E-state index contributed by atoms with van der Waals surface area (Å²) in [6, 6.07) is 17.2. The summed E-state index contributed by atoms with van der Waals surface area (Å²) in [6.07, 6.45) is 0. The van der Waals surface area contributed by atoms with E-state index >= 15 is 0 Å². The molecule has 0 aliphatic heterocycles. The Morgan fingerprint density at radius 3 is 2.23 bits per heavy atom. The van der Waals surface area contributed by atoms with Crippen LogP contribution in [0, 0.1) is 6.92 Å². The van der Waals surface area contributed by atoms with E-state index in [1.165, 1.54) is 16.9 Å². The molecule has 0 saturated carbocycles. The van der Waals surface area contributed by atoms with Gasteiger partial charge in [-0.3, -0.25) is 4.79 Å². The van der Waals surface area contributed by atoms with Crippen LogP contribution in [0.3, 0.4) is 0 Å². The van der Waals surface area contributed by atoms with Crippen molar-refractivity contribution in [1.29, 1.82) is 0 Å². The number of benzene rings is 2. The van der Waals surface area contributed by atoms with Gasteiger partial charge in [-0.05, 0) is 48.9 Å². The fourth-order valence-corrected chi connectivity index (χ4v) is 5.35. The van der Waals surface area contributed by atoms with E-state index in [1.54, 1.807) is 26.0 Å². The Labute approximate surface area is 182 Å². The minimum absolute atomic E-state index is 0.0626. The molecule has 7 heteroatoms. The van der Waals surface area contributed by atoms with E-state index in [4.69, 9.17) is 0 Å². The number of sulfonamides is 1. The van der Waals surface area contributed by atoms with Gasteiger partial charge >= 0.3 is 0 Å². The zero-order valence-corrected chi connectivity index (χ0v) is 18.9. The van der Waals surface area contributed by atoms with Crippen molar-refractivity contribution in [2.24, 2.45) is 0 Å². The molecule has 30 heavy (non-hydrogen) atoms. The van der Waals surface area contributed by atoms with Crippen LogP contribution in [-0.2, 0) is 22.3 Å². The normalized spacial score (nSPS) is 11.6. The van der Waals surface area contributed by atoms with Gasteiger partial charge in [0.25, 0.3) is 5.91 Å². The van der Waals surface area contributed by atoms with Crippen molar-refractivity contribution in [3.63, 3.8) is 0 Å². The summed E-state index contributed by atoms with van der Waals surface area (Å²) in [5.74, 6) is -0.180. The number of carbonyl (C=O) groups is 1. The lowest BCUT2D eigenvalue weighted by molar-refractivity contribution is 0.0955. The van der Waals surface area contributed by atoms with E-state index < -0.39 is 10.0 Å². The fraction of sp³-hybridized carbons (Fsp3) is 0.261. The van der Waals surface area contributed by atoms with Crippen molar-refractivity contribution in [3.8, 4) is 11.1 Å². The van der Waals surface area contributed by atoms with Crippen molar-refractivity contribution in [3.05, 3.63) is 81.5 Å². The molecule has 0 fully saturated rings. The highest BCUT2D eigenvalue weighted by Crippen LogP contribution is 2.28. The first kappa shape index (κ1) is 22.2. The third kappa shape index (κ3) is 6.01. The second kappa shape index (κ2) is 9.55. The highest BCUT2D eigenvalue weighted by molar-refractivity contribution is 7.88. The summed E-state index contributed by atoms with van der Waals surface area (Å²) in [5, 5.41) is 4.88. The third-order valence-electron chi connectivity index (χ3n) is 4.48. The highest BCUT2D eigenvalue weighted by Gasteiger charge is 2.15. The van der Waals surface area contributed by atoms with Crippen LogP contribution < -0.4 is 10.0 Å². The number of carbonyl (C=O) groups excluding carboxylic acids is 1. The molecule has 1 aromatic heterocycles. The number of rotatable bonds is 8. The van der Waals surface area contributed by atoms with E-state index in [1.807, 2.05) is 54.8 Å². The second-order valence-corrected chi connectivity index (χ2v) is 10.2. The molecule has 0 aliphatic carbocycles. The summed E-state index contributed by atoms with van der Waals surface area (Å²) >= 11 is 1.42. The van der Waals surface area contributed by atoms with Gasteiger partial charge in [0, 0.05) is 18.2 Å². The Hall–Kier alpha value is -2.48. The molecule has 0 aliphatic rings. The summed E-state index contributed by atoms with van der Waals surface area (Å²) in [7, 11) is -3.35. The minimum Gasteiger partial charge on any atom is -0.347 e. The van der Waals surface area contributed by atoms with Crippen molar-refractivity contribution in [2.75, 3.05) is 0 Å². The van der Waals surface area contributed by atoms with Crippen molar-refractivity contribution in [1.82, 2.24) is 10.0 Å². The van der Waals surface area contributed by atoms with Crippen molar-refractivity contribution >= 4 is 27.3 Å². The van der Waals surface area contributed by atoms with Gasteiger partial charge in [0.2, 0.25) is 10.0 Å². The van der Waals surface area contributed by atoms with Crippen LogP contribution in [0.2, 0.25) is 0 Å². The van der Waals surface area contributed by atoms with Crippen LogP contribution in [0.4, 0.5) is 0 Å². The van der Waals surface area contributed by atoms with Gasteiger partial charge in [0.15, 0.2) is 0 Å². The third-order valence-corrected chi connectivity index (χ3v) is 6.94. The number of nitrogens with one attached hydrogen (secondary N) is 2. The van der Waals surface area contributed by atoms with Crippen molar-refractivity contribution < 1.29 is 13.2 Å². The summed E-state index contributed by atoms with van der Waals surface area (Å²) in [4.78, 5) is 13.4. The van der Waals surface area contributed by atoms with Crippen LogP contribution in [0.1, 0.15) is 40.2 Å². The maximum Gasteiger partial charge on any atom is 0.262 e. The molecule has 5 nitrogen and oxygen atoms in total. The molecule has 0 unspecified atom stereocenters. The number of aryl methyl sites for hydroxylation is 1. The van der Waals surface area contributed by atoms with Gasteiger partial charge in [-0.1, -0.05) is 54.1 Å². The van der Waals surface area contributed by atoms with Crippen LogP contribution >= 0.6 is 11.3 Å². The maximum absolute atomic E-state index is 12.7. The lowest BCUT2D eigenvalue weighted by Gasteiger charge is -2.10. The Kier molecular flexibility index (Phi) is 7.07. The number of hydrogen-bond donors (Lipinski definition) is 2. The zero-order valence-electron chi connectivity index (χ0n) is 17.3. The first-order chi connectivity index (χ1) is 14.2. The Morgan fingerprint density at radius 2 is 1.60 bits per heavy atom. The van der Waals surface area contributed by atoms with E-state index in [9.17, 15) is 13.2 Å². The van der Waals surface area contributed by atoms with E-state index in [-0.39, 0.29) is 17.7 Å². The predicted octanol–water partition coefficient (Wildman–Crippen LogP) is 4.48. The molecule has 2 N–H and O–H groups in total. The van der Waals surface area contributed by atoms with E-state index in [2.05, 4.69) is 10.0 Å². The highest BCUT2D eigenvalue weighted by atomic mass is 32.2. The predicted molar refractivity (Wildman–Crippen MR) is 123 cm³/mol. The Morgan fingerprint density at radius 1 is 0.967 bits per heavy atom. The lowest BCUT2D eigenvalue weighted by Crippen LogP contribution is -2.31. The van der Waals surface area contributed by atoms with Gasteiger partial charge in [0.05, 0.1) is 10.6 Å². The molecule has 1 heterocycles. The molecule has 2 aromatic carbocycles. The number of thiophene rings is 1. The smallest absolute Gasteiger partial charge is 0.262 e. The monoisotopic (exact) mass is 442 g/mol. The number of hydrogen-bond acceptors (Lipinski definition) is 4. The second-order valence-electron chi connectivity index (χ2n) is 7.56. The number of amides is 1. The molecule has 0 radical (unpaired) electrons. The largest absolute Gasteiger partial charge is 0.347 e. The standard InChI is InChI=1S/C23H26N2O3S2/c1-16(2)25-30(27,28)15-19-8-6-18(7-9-19)14-24-23(26)22-21(12-13-29-22)20-10-4-17(3)5-11-20/h4-13,16,25H,14-15H2,1-3H3,(H,24,26). The van der Waals surface area contributed by atoms with E-state index in [0.29, 0.717) is 17.0 Å². The molecule has 3 aromatic rings. The SMILES string of the molecule is Cc1ccc(-c2ccsc2C(=O)NCc2ccc(CS(=O)(=O)NC(C)C)cc2)cc1. The molecule has 158 valence electrons. The van der Waals surface area contributed by atoms with Gasteiger partial charge < -0.3 is 5.32 Å². The first-order valence-corrected chi connectivity index (χ1v) is 12.3. The summed E-state index contributed by atoms with van der Waals surface area (Å²) in [5.41, 5.74) is 4.74. The fourth-order valence-electron chi connectivity index (χ4n) is 3.08. The molecule has 3 rings (SSSR count). The van der Waals surface area contributed by atoms with E-state index in [0.717, 1.165) is 16.7 Å². The summed E-state index contributed by atoms with van der Waals surface area (Å²) < 4.78 is 26.7. The van der Waals surface area contributed by atoms with Gasteiger partial charge in [0.1, 0.15) is 0 Å². The van der Waals surface area contributed by atoms with Crippen LogP contribution in [0.5, 0.6) is 0 Å². The average molecular weight is 443 g/mol. The minimum atomic E-state index is -3.35. The van der Waals surface area contributed by atoms with Gasteiger partial charge in [-0.15, -0.1) is 11.3 Å². The van der Waals surface area contributed by atoms with Gasteiger partial charge in [-0.25, -0.2) is 13.1 Å². The Balaban J connectivity index is 1.62. The zero-order chi connectivity index (χ0) is 21.7. The van der Waals surface area contributed by atoms with Crippen molar-refractivity contribution in [2.45, 2.75) is 39.1 Å². The lowest BCUT2D eigenvalue weighted by atomic mass is 10.0. The molecule has 0 atom stereocenters. The van der Waals surface area contributed by atoms with Crippen LogP contribution in [0.15, 0.2) is 60.0 Å². The molecular weight excluding hydrogens is 416 g/mol. The molecular formula is C23H26N2O3S2. The molecule has 0 saturated heterocycles. The average Bonchev–Trinajstić information content (AvgIpc) is 3.16. The van der Waals surface area contributed by atoms with Crippen LogP contribution in [0.25, 0.3) is 11.1 Å². The topological polar surface area (TPSA) is 75.3 Å². The quantitative estimate of drug-likeness (QED) is 0.540. The Bertz CT molecular complexity index is 1100. The molecule has 0 bridgehead atoms. The first-order valence-electron chi connectivity index (χ1n) is 9.74. The van der Waals surface area contributed by atoms with Gasteiger partial charge in [-0.2, -0.15) is 0 Å².